The van der Waals surface area contributed by atoms with Crippen LogP contribution in [0.3, 0.4) is 0 Å². The van der Waals surface area contributed by atoms with Crippen LogP contribution in [0.15, 0.2) is 48.5 Å². The Balaban J connectivity index is 1.65. The summed E-state index contributed by atoms with van der Waals surface area (Å²) in [6.07, 6.45) is 0. The summed E-state index contributed by atoms with van der Waals surface area (Å²) in [4.78, 5) is 14.1. The maximum atomic E-state index is 12.5. The molecule has 3 rings (SSSR count). The Bertz CT molecular complexity index is 901. The molecule has 4 nitrogen and oxygen atoms in total. The van der Waals surface area contributed by atoms with Crippen molar-refractivity contribution in [3.05, 3.63) is 59.1 Å². The lowest BCUT2D eigenvalue weighted by Crippen LogP contribution is -2.57. The zero-order valence-electron chi connectivity index (χ0n) is 14.9. The van der Waals surface area contributed by atoms with E-state index in [-0.39, 0.29) is 30.7 Å². The molecule has 0 N–H and O–H groups in total. The molecule has 2 aromatic rings. The maximum absolute atomic E-state index is 12.5. The fourth-order valence-corrected chi connectivity index (χ4v) is 5.29. The molecule has 0 radical (unpaired) electrons. The molecule has 1 amide bonds. The van der Waals surface area contributed by atoms with E-state index in [0.717, 1.165) is 11.1 Å². The lowest BCUT2D eigenvalue weighted by atomic mass is 10.0. The van der Waals surface area contributed by atoms with Gasteiger partial charge in [-0.1, -0.05) is 49.7 Å². The Hall–Kier alpha value is -1.85. The topological polar surface area (TPSA) is 54.5 Å². The summed E-state index contributed by atoms with van der Waals surface area (Å²) in [5.74, 6) is 0.149. The number of nitrogens with zero attached hydrogens (tertiary/aromatic N) is 1. The summed E-state index contributed by atoms with van der Waals surface area (Å²) in [5, 5.41) is 0.233. The van der Waals surface area contributed by atoms with Gasteiger partial charge in [0.15, 0.2) is 9.84 Å². The molecule has 6 heteroatoms. The van der Waals surface area contributed by atoms with E-state index in [1.54, 1.807) is 17.0 Å². The molecule has 0 aliphatic carbocycles. The zero-order chi connectivity index (χ0) is 18.9. The monoisotopic (exact) mass is 391 g/mol. The second-order valence-electron chi connectivity index (χ2n) is 7.14. The Morgan fingerprint density at radius 3 is 2.35 bits per heavy atom. The summed E-state index contributed by atoms with van der Waals surface area (Å²) in [6, 6.07) is 14.8. The SMILES string of the molecule is CC(C)CS(=O)(=O)C1CN(C(=O)c2ccc(-c3cccc(Cl)c3)cc2)C1. The third-order valence-electron chi connectivity index (χ3n) is 4.50. The van der Waals surface area contributed by atoms with Gasteiger partial charge in [-0.25, -0.2) is 8.42 Å². The first-order valence-electron chi connectivity index (χ1n) is 8.63. The van der Waals surface area contributed by atoms with Crippen LogP contribution in [-0.2, 0) is 9.84 Å². The van der Waals surface area contributed by atoms with Crippen molar-refractivity contribution in [3.63, 3.8) is 0 Å². The van der Waals surface area contributed by atoms with E-state index in [9.17, 15) is 13.2 Å². The fourth-order valence-electron chi connectivity index (χ4n) is 3.09. The molecule has 138 valence electrons. The van der Waals surface area contributed by atoms with E-state index in [1.807, 2.05) is 50.2 Å². The molecule has 1 aliphatic heterocycles. The third-order valence-corrected chi connectivity index (χ3v) is 7.18. The van der Waals surface area contributed by atoms with Crippen LogP contribution in [0.1, 0.15) is 24.2 Å². The maximum Gasteiger partial charge on any atom is 0.253 e. The summed E-state index contributed by atoms with van der Waals surface area (Å²) in [5.41, 5.74) is 2.53. The molecule has 1 saturated heterocycles. The van der Waals surface area contributed by atoms with Gasteiger partial charge in [0.25, 0.3) is 5.91 Å². The minimum atomic E-state index is -3.12. The van der Waals surface area contributed by atoms with Crippen molar-refractivity contribution in [1.82, 2.24) is 4.90 Å². The molecule has 0 unspecified atom stereocenters. The number of carbonyl (C=O) groups excluding carboxylic acids is 1. The molecule has 26 heavy (non-hydrogen) atoms. The number of carbonyl (C=O) groups is 1. The normalized spacial score (nSPS) is 15.2. The van der Waals surface area contributed by atoms with Gasteiger partial charge in [-0.05, 0) is 41.3 Å². The predicted molar refractivity (Wildman–Crippen MR) is 105 cm³/mol. The van der Waals surface area contributed by atoms with Crippen LogP contribution in [0.2, 0.25) is 5.02 Å². The molecule has 0 aromatic heterocycles. The minimum Gasteiger partial charge on any atom is -0.336 e. The van der Waals surface area contributed by atoms with Gasteiger partial charge in [-0.15, -0.1) is 0 Å². The quantitative estimate of drug-likeness (QED) is 0.776. The van der Waals surface area contributed by atoms with Crippen LogP contribution in [0.5, 0.6) is 0 Å². The van der Waals surface area contributed by atoms with Crippen molar-refractivity contribution in [2.24, 2.45) is 5.92 Å². The van der Waals surface area contributed by atoms with Crippen molar-refractivity contribution >= 4 is 27.3 Å². The second kappa shape index (κ2) is 7.41. The van der Waals surface area contributed by atoms with E-state index < -0.39 is 15.1 Å². The van der Waals surface area contributed by atoms with E-state index >= 15 is 0 Å². The average molecular weight is 392 g/mol. The van der Waals surface area contributed by atoms with E-state index in [4.69, 9.17) is 11.6 Å². The van der Waals surface area contributed by atoms with Crippen molar-refractivity contribution in [1.29, 1.82) is 0 Å². The van der Waals surface area contributed by atoms with E-state index in [1.165, 1.54) is 0 Å². The van der Waals surface area contributed by atoms with Crippen LogP contribution in [-0.4, -0.2) is 43.3 Å². The second-order valence-corrected chi connectivity index (χ2v) is 9.91. The highest BCUT2D eigenvalue weighted by Crippen LogP contribution is 2.25. The zero-order valence-corrected chi connectivity index (χ0v) is 16.4. The van der Waals surface area contributed by atoms with Crippen molar-refractivity contribution < 1.29 is 13.2 Å². The molecule has 0 saturated carbocycles. The first-order valence-corrected chi connectivity index (χ1v) is 10.7. The molecular weight excluding hydrogens is 370 g/mol. The average Bonchev–Trinajstić information content (AvgIpc) is 2.52. The van der Waals surface area contributed by atoms with Crippen LogP contribution < -0.4 is 0 Å². The van der Waals surface area contributed by atoms with Crippen LogP contribution in [0, 0.1) is 5.92 Å². The largest absolute Gasteiger partial charge is 0.336 e. The molecule has 0 bridgehead atoms. The summed E-state index contributed by atoms with van der Waals surface area (Å²) in [6.45, 7) is 4.34. The smallest absolute Gasteiger partial charge is 0.253 e. The molecule has 1 aliphatic rings. The lowest BCUT2D eigenvalue weighted by Gasteiger charge is -2.39. The molecule has 0 atom stereocenters. The number of halogens is 1. The Morgan fingerprint density at radius 1 is 1.12 bits per heavy atom. The molecular formula is C20H22ClNO3S. The minimum absolute atomic E-state index is 0.101. The van der Waals surface area contributed by atoms with Gasteiger partial charge in [0.1, 0.15) is 0 Å². The van der Waals surface area contributed by atoms with Crippen LogP contribution in [0.25, 0.3) is 11.1 Å². The number of hydrogen-bond acceptors (Lipinski definition) is 3. The van der Waals surface area contributed by atoms with Gasteiger partial charge in [0.05, 0.1) is 11.0 Å². The molecule has 2 aromatic carbocycles. The van der Waals surface area contributed by atoms with Gasteiger partial charge in [0.2, 0.25) is 0 Å². The highest BCUT2D eigenvalue weighted by molar-refractivity contribution is 7.92. The third kappa shape index (κ3) is 4.10. The van der Waals surface area contributed by atoms with Crippen molar-refractivity contribution in [3.8, 4) is 11.1 Å². The van der Waals surface area contributed by atoms with Gasteiger partial charge in [-0.3, -0.25) is 4.79 Å². The Morgan fingerprint density at radius 2 is 1.77 bits per heavy atom. The predicted octanol–water partition coefficient (Wildman–Crippen LogP) is 3.90. The number of benzene rings is 2. The number of amides is 1. The first kappa shape index (κ1) is 18.9. The Labute approximate surface area is 159 Å². The number of rotatable bonds is 5. The van der Waals surface area contributed by atoms with Crippen LogP contribution in [0.4, 0.5) is 0 Å². The fraction of sp³-hybridized carbons (Fsp3) is 0.350. The highest BCUT2D eigenvalue weighted by Gasteiger charge is 2.39. The van der Waals surface area contributed by atoms with Gasteiger partial charge in [-0.2, -0.15) is 0 Å². The summed E-state index contributed by atoms with van der Waals surface area (Å²) < 4.78 is 24.4. The summed E-state index contributed by atoms with van der Waals surface area (Å²) in [7, 11) is -3.12. The highest BCUT2D eigenvalue weighted by atomic mass is 35.5. The Kier molecular flexibility index (Phi) is 5.39. The number of likely N-dealkylation sites (tertiary alicyclic amines) is 1. The van der Waals surface area contributed by atoms with Gasteiger partial charge >= 0.3 is 0 Å². The summed E-state index contributed by atoms with van der Waals surface area (Å²) >= 11 is 6.02. The molecule has 1 fully saturated rings. The molecule has 1 heterocycles. The lowest BCUT2D eigenvalue weighted by molar-refractivity contribution is 0.0659. The molecule has 0 spiro atoms. The van der Waals surface area contributed by atoms with Gasteiger partial charge < -0.3 is 4.90 Å². The first-order chi connectivity index (χ1) is 12.3. The van der Waals surface area contributed by atoms with Gasteiger partial charge in [0, 0.05) is 23.7 Å². The number of sulfone groups is 1. The number of hydrogen-bond donors (Lipinski definition) is 0. The standard InChI is InChI=1S/C20H22ClNO3S/c1-14(2)13-26(24,25)19-11-22(12-19)20(23)16-8-6-15(7-9-16)17-4-3-5-18(21)10-17/h3-10,14,19H,11-13H2,1-2H3. The van der Waals surface area contributed by atoms with Crippen molar-refractivity contribution in [2.75, 3.05) is 18.8 Å². The van der Waals surface area contributed by atoms with E-state index in [0.29, 0.717) is 10.6 Å². The van der Waals surface area contributed by atoms with Crippen LogP contribution >= 0.6 is 11.6 Å². The van der Waals surface area contributed by atoms with E-state index in [2.05, 4.69) is 0 Å². The van der Waals surface area contributed by atoms with Crippen molar-refractivity contribution in [2.45, 2.75) is 19.1 Å².